The van der Waals surface area contributed by atoms with Crippen molar-refractivity contribution >= 4 is 17.3 Å². The van der Waals surface area contributed by atoms with E-state index in [-0.39, 0.29) is 18.2 Å². The molecule has 0 fully saturated rings. The van der Waals surface area contributed by atoms with Crippen LogP contribution in [-0.4, -0.2) is 17.4 Å². The van der Waals surface area contributed by atoms with Crippen LogP contribution in [0.25, 0.3) is 0 Å². The van der Waals surface area contributed by atoms with Crippen LogP contribution in [0.3, 0.4) is 0 Å². The van der Waals surface area contributed by atoms with Gasteiger partial charge in [-0.15, -0.1) is 11.6 Å². The Balaban J connectivity index is 2.96. The fourth-order valence-electron chi connectivity index (χ4n) is 0.904. The molecule has 4 nitrogen and oxygen atoms in total. The molecular weight excluding hydrogens is 213 g/mol. The third-order valence-corrected chi connectivity index (χ3v) is 1.61. The smallest absolute Gasteiger partial charge is 0.313 e. The number of nitrogens with zero attached hydrogens (tertiary/aromatic N) is 1. The van der Waals surface area contributed by atoms with E-state index in [0.29, 0.717) is 0 Å². The zero-order chi connectivity index (χ0) is 10.6. The second kappa shape index (κ2) is 4.76. The molecule has 0 aliphatic rings. The normalized spacial score (nSPS) is 9.86. The molecule has 0 radical (unpaired) electrons. The van der Waals surface area contributed by atoms with Crippen LogP contribution >= 0.6 is 11.6 Å². The Kier molecular flexibility index (Phi) is 3.64. The first kappa shape index (κ1) is 10.7. The molecule has 0 atom stereocenters. The molecule has 76 valence electrons. The number of halogens is 2. The number of ether oxygens (including phenoxy) is 1. The lowest BCUT2D eigenvalue weighted by Crippen LogP contribution is -2.01. The summed E-state index contributed by atoms with van der Waals surface area (Å²) in [5.74, 6) is -0.430. The molecule has 0 bridgehead atoms. The molecule has 0 amide bonds. The number of hydrogen-bond acceptors (Lipinski definition) is 3. The molecule has 1 aromatic carbocycles. The number of benzene rings is 1. The van der Waals surface area contributed by atoms with Crippen LogP contribution in [0, 0.1) is 15.9 Å². The fourth-order valence-corrected chi connectivity index (χ4v) is 0.981. The number of hydrogen-bond donors (Lipinski definition) is 0. The maximum atomic E-state index is 12.6. The van der Waals surface area contributed by atoms with Crippen molar-refractivity contribution in [1.29, 1.82) is 0 Å². The molecule has 1 rings (SSSR count). The van der Waals surface area contributed by atoms with E-state index in [1.807, 2.05) is 0 Å². The van der Waals surface area contributed by atoms with Crippen molar-refractivity contribution in [2.45, 2.75) is 0 Å². The van der Waals surface area contributed by atoms with E-state index in [4.69, 9.17) is 16.3 Å². The molecule has 14 heavy (non-hydrogen) atoms. The van der Waals surface area contributed by atoms with Crippen molar-refractivity contribution in [3.8, 4) is 5.75 Å². The molecule has 0 heterocycles. The number of nitro benzene ring substituents is 1. The van der Waals surface area contributed by atoms with Crippen molar-refractivity contribution < 1.29 is 14.1 Å². The average Bonchev–Trinajstić information content (AvgIpc) is 2.15. The first-order chi connectivity index (χ1) is 6.65. The van der Waals surface area contributed by atoms with Gasteiger partial charge in [0.2, 0.25) is 0 Å². The van der Waals surface area contributed by atoms with Gasteiger partial charge < -0.3 is 4.74 Å². The minimum absolute atomic E-state index is 0.0250. The number of rotatable bonds is 4. The predicted molar refractivity (Wildman–Crippen MR) is 49.3 cm³/mol. The van der Waals surface area contributed by atoms with Crippen LogP contribution in [0.1, 0.15) is 0 Å². The van der Waals surface area contributed by atoms with Crippen LogP contribution in [0.2, 0.25) is 0 Å². The lowest BCUT2D eigenvalue weighted by Gasteiger charge is -2.03. The molecule has 1 aromatic rings. The van der Waals surface area contributed by atoms with Gasteiger partial charge in [0.05, 0.1) is 16.9 Å². The van der Waals surface area contributed by atoms with Gasteiger partial charge in [0.15, 0.2) is 5.75 Å². The van der Waals surface area contributed by atoms with Crippen molar-refractivity contribution in [2.75, 3.05) is 12.5 Å². The van der Waals surface area contributed by atoms with Crippen molar-refractivity contribution in [2.24, 2.45) is 0 Å². The molecule has 0 saturated carbocycles. The van der Waals surface area contributed by atoms with Crippen molar-refractivity contribution in [3.05, 3.63) is 34.1 Å². The predicted octanol–water partition coefficient (Wildman–Crippen LogP) is 2.35. The van der Waals surface area contributed by atoms with Gasteiger partial charge in [-0.2, -0.15) is 0 Å². The van der Waals surface area contributed by atoms with Crippen molar-refractivity contribution in [3.63, 3.8) is 0 Å². The first-order valence-corrected chi connectivity index (χ1v) is 4.31. The highest BCUT2D eigenvalue weighted by Crippen LogP contribution is 2.27. The molecule has 0 N–H and O–H groups in total. The summed E-state index contributed by atoms with van der Waals surface area (Å²) in [6.45, 7) is 0.147. The van der Waals surface area contributed by atoms with Gasteiger partial charge in [-0.3, -0.25) is 10.1 Å². The fraction of sp³-hybridized carbons (Fsp3) is 0.250. The Morgan fingerprint density at radius 2 is 2.29 bits per heavy atom. The first-order valence-electron chi connectivity index (χ1n) is 3.78. The van der Waals surface area contributed by atoms with Gasteiger partial charge in [0.25, 0.3) is 0 Å². The second-order valence-corrected chi connectivity index (χ2v) is 2.78. The van der Waals surface area contributed by atoms with E-state index >= 15 is 0 Å². The molecule has 0 spiro atoms. The third-order valence-electron chi connectivity index (χ3n) is 1.45. The van der Waals surface area contributed by atoms with Gasteiger partial charge >= 0.3 is 5.69 Å². The molecule has 0 aliphatic carbocycles. The summed E-state index contributed by atoms with van der Waals surface area (Å²) >= 11 is 5.35. The van der Waals surface area contributed by atoms with Gasteiger partial charge in [-0.1, -0.05) is 0 Å². The quantitative estimate of drug-likeness (QED) is 0.444. The maximum absolute atomic E-state index is 12.6. The summed E-state index contributed by atoms with van der Waals surface area (Å²) in [7, 11) is 0. The Labute approximate surface area is 84.4 Å². The highest BCUT2D eigenvalue weighted by molar-refractivity contribution is 6.18. The summed E-state index contributed by atoms with van der Waals surface area (Å²) in [6.07, 6.45) is 0. The van der Waals surface area contributed by atoms with Crippen LogP contribution in [0.4, 0.5) is 10.1 Å². The molecule has 0 aromatic heterocycles. The number of alkyl halides is 1. The SMILES string of the molecule is O=[N+]([O-])c1cc(F)ccc1OCCCl. The summed E-state index contributed by atoms with van der Waals surface area (Å²) < 4.78 is 17.6. The second-order valence-electron chi connectivity index (χ2n) is 2.41. The standard InChI is InChI=1S/C8H7ClFNO3/c9-3-4-14-8-2-1-6(10)5-7(8)11(12)13/h1-2,5H,3-4H2. The Morgan fingerprint density at radius 1 is 1.57 bits per heavy atom. The van der Waals surface area contributed by atoms with Crippen molar-refractivity contribution in [1.82, 2.24) is 0 Å². The Morgan fingerprint density at radius 3 is 2.86 bits per heavy atom. The van der Waals surface area contributed by atoms with Crippen LogP contribution in [0.15, 0.2) is 18.2 Å². The van der Waals surface area contributed by atoms with E-state index in [0.717, 1.165) is 12.1 Å². The van der Waals surface area contributed by atoms with Gasteiger partial charge in [0.1, 0.15) is 12.4 Å². The van der Waals surface area contributed by atoms with E-state index in [2.05, 4.69) is 0 Å². The summed E-state index contributed by atoms with van der Waals surface area (Å²) in [5.41, 5.74) is -0.393. The molecule has 6 heteroatoms. The summed E-state index contributed by atoms with van der Waals surface area (Å²) in [4.78, 5) is 9.76. The lowest BCUT2D eigenvalue weighted by molar-refractivity contribution is -0.386. The molecule has 0 saturated heterocycles. The topological polar surface area (TPSA) is 52.4 Å². The lowest BCUT2D eigenvalue weighted by atomic mass is 10.3. The van der Waals surface area contributed by atoms with Crippen LogP contribution < -0.4 is 4.74 Å². The summed E-state index contributed by atoms with van der Waals surface area (Å²) in [5, 5.41) is 10.5. The minimum atomic E-state index is -0.702. The molecular formula is C8H7ClFNO3. The van der Waals surface area contributed by atoms with E-state index in [9.17, 15) is 14.5 Å². The van der Waals surface area contributed by atoms with E-state index in [1.54, 1.807) is 0 Å². The molecule has 0 aliphatic heterocycles. The van der Waals surface area contributed by atoms with E-state index in [1.165, 1.54) is 6.07 Å². The number of nitro groups is 1. The monoisotopic (exact) mass is 219 g/mol. The van der Waals surface area contributed by atoms with Gasteiger partial charge in [-0.25, -0.2) is 4.39 Å². The van der Waals surface area contributed by atoms with Gasteiger partial charge in [-0.05, 0) is 12.1 Å². The zero-order valence-corrected chi connectivity index (χ0v) is 7.83. The Bertz CT molecular complexity index is 345. The molecule has 0 unspecified atom stereocenters. The average molecular weight is 220 g/mol. The summed E-state index contributed by atoms with van der Waals surface area (Å²) in [6, 6.07) is 3.11. The maximum Gasteiger partial charge on any atom is 0.313 e. The zero-order valence-electron chi connectivity index (χ0n) is 7.07. The van der Waals surface area contributed by atoms with Crippen LogP contribution in [0.5, 0.6) is 5.75 Å². The Hall–Kier alpha value is -1.36. The largest absolute Gasteiger partial charge is 0.486 e. The van der Waals surface area contributed by atoms with Gasteiger partial charge in [0, 0.05) is 0 Å². The van der Waals surface area contributed by atoms with E-state index < -0.39 is 16.4 Å². The highest BCUT2D eigenvalue weighted by atomic mass is 35.5. The van der Waals surface area contributed by atoms with Crippen LogP contribution in [-0.2, 0) is 0 Å². The highest BCUT2D eigenvalue weighted by Gasteiger charge is 2.15. The minimum Gasteiger partial charge on any atom is -0.486 e. The third kappa shape index (κ3) is 2.56.